The van der Waals surface area contributed by atoms with E-state index in [1.54, 1.807) is 28.4 Å². The van der Waals surface area contributed by atoms with Gasteiger partial charge in [-0.1, -0.05) is 13.3 Å². The van der Waals surface area contributed by atoms with Gasteiger partial charge in [0.15, 0.2) is 22.9 Å². The van der Waals surface area contributed by atoms with E-state index in [0.29, 0.717) is 41.6 Å². The number of phenolic OH excluding ortho intramolecular Hbond substituents is 1. The fourth-order valence-corrected chi connectivity index (χ4v) is 9.13. The first-order chi connectivity index (χ1) is 20.7. The zero-order chi connectivity index (χ0) is 31.2. The summed E-state index contributed by atoms with van der Waals surface area (Å²) in [4.78, 5) is 17.1. The summed E-state index contributed by atoms with van der Waals surface area (Å²) in [5.74, 6) is 3.90. The molecule has 2 aromatic rings. The van der Waals surface area contributed by atoms with Gasteiger partial charge in [0.25, 0.3) is 0 Å². The lowest BCUT2D eigenvalue weighted by Gasteiger charge is -2.60. The molecule has 3 unspecified atom stereocenters. The maximum atomic E-state index is 12.6. The molecule has 1 N–H and O–H groups in total. The van der Waals surface area contributed by atoms with Crippen LogP contribution in [0.2, 0.25) is 0 Å². The third kappa shape index (κ3) is 4.61. The Morgan fingerprint density at radius 3 is 2.09 bits per heavy atom. The minimum atomic E-state index is -0.484. The Bertz CT molecular complexity index is 1460. The molecule has 0 spiro atoms. The summed E-state index contributed by atoms with van der Waals surface area (Å²) in [5.41, 5.74) is 5.09. The van der Waals surface area contributed by atoms with Gasteiger partial charge in [-0.15, -0.1) is 4.91 Å². The molecule has 3 heterocycles. The molecule has 11 heteroatoms. The number of fused-ring (bicyclic) bond motifs is 7. The number of hydrogen-bond donors (Lipinski definition) is 1. The molecule has 10 nitrogen and oxygen atoms in total. The van der Waals surface area contributed by atoms with E-state index in [0.717, 1.165) is 52.0 Å². The van der Waals surface area contributed by atoms with E-state index in [4.69, 9.17) is 18.9 Å². The van der Waals surface area contributed by atoms with E-state index < -0.39 is 6.04 Å². The van der Waals surface area contributed by atoms with Crippen LogP contribution >= 0.6 is 11.8 Å². The van der Waals surface area contributed by atoms with E-state index in [1.165, 1.54) is 0 Å². The summed E-state index contributed by atoms with van der Waals surface area (Å²) in [6.45, 7) is 5.93. The molecule has 0 saturated carbocycles. The van der Waals surface area contributed by atoms with Crippen molar-refractivity contribution in [1.29, 1.82) is 5.26 Å². The van der Waals surface area contributed by atoms with Crippen LogP contribution in [0.25, 0.3) is 0 Å². The van der Waals surface area contributed by atoms with Crippen LogP contribution in [0.1, 0.15) is 65.2 Å². The van der Waals surface area contributed by atoms with Crippen LogP contribution in [-0.2, 0) is 12.8 Å². The second kappa shape index (κ2) is 12.4. The van der Waals surface area contributed by atoms with Gasteiger partial charge >= 0.3 is 0 Å². The third-order valence-electron chi connectivity index (χ3n) is 9.67. The normalized spacial score (nSPS) is 24.3. The van der Waals surface area contributed by atoms with E-state index in [1.807, 2.05) is 32.7 Å². The summed E-state index contributed by atoms with van der Waals surface area (Å²) in [5, 5.41) is 26.1. The maximum Gasteiger partial charge on any atom is 0.167 e. The molecule has 5 atom stereocenters. The van der Waals surface area contributed by atoms with Crippen molar-refractivity contribution in [3.63, 3.8) is 0 Å². The number of unbranched alkanes of at least 4 members (excludes halogenated alkanes) is 1. The molecule has 0 radical (unpaired) electrons. The molecule has 3 aliphatic heterocycles. The van der Waals surface area contributed by atoms with E-state index >= 15 is 0 Å². The van der Waals surface area contributed by atoms with Gasteiger partial charge in [-0.2, -0.15) is 17.0 Å². The molecule has 3 aliphatic rings. The number of phenols is 1. The van der Waals surface area contributed by atoms with Crippen LogP contribution in [-0.4, -0.2) is 80.0 Å². The molecule has 232 valence electrons. The second-order valence-corrected chi connectivity index (χ2v) is 12.7. The Balaban J connectivity index is 1.81. The zero-order valence-corrected chi connectivity index (χ0v) is 27.1. The van der Waals surface area contributed by atoms with Gasteiger partial charge in [0, 0.05) is 57.3 Å². The first-order valence-corrected chi connectivity index (χ1v) is 15.9. The number of hydrogen-bond acceptors (Lipinski definition) is 11. The van der Waals surface area contributed by atoms with Gasteiger partial charge in [0.1, 0.15) is 17.5 Å². The lowest BCUT2D eigenvalue weighted by molar-refractivity contribution is -0.0676. The van der Waals surface area contributed by atoms with Gasteiger partial charge in [0.05, 0.1) is 40.6 Å². The summed E-state index contributed by atoms with van der Waals surface area (Å²) in [6.07, 6.45) is 3.17. The molecule has 2 bridgehead atoms. The molecule has 2 aromatic carbocycles. The Morgan fingerprint density at radius 1 is 0.953 bits per heavy atom. The average molecular weight is 611 g/mol. The Hall–Kier alpha value is -3.20. The number of rotatable bonds is 10. The standard InChI is InChI=1S/C32H42N4O6S/c1-9-10-11-43-15-23-24-18(30(40-6)17(3)32(42-8)28(24)37)13-21-27-25-19(12-20(35(27)4)22(14-33)36(21)23)29(39-5)16(2)31(41-7)26(25)34-38/h20-23,27,37H,9-13,15H2,1-8H3/t20?,21?,22-,23?,27-/m0/s1. The summed E-state index contributed by atoms with van der Waals surface area (Å²) in [6, 6.07) is 1.18. The van der Waals surface area contributed by atoms with E-state index in [-0.39, 0.29) is 35.6 Å². The number of piperazine rings is 1. The van der Waals surface area contributed by atoms with Crippen molar-refractivity contribution in [1.82, 2.24) is 9.80 Å². The molecule has 5 rings (SSSR count). The van der Waals surface area contributed by atoms with Crippen LogP contribution in [0.3, 0.4) is 0 Å². The molecule has 0 aromatic heterocycles. The monoisotopic (exact) mass is 610 g/mol. The lowest BCUT2D eigenvalue weighted by Crippen LogP contribution is -2.68. The maximum absolute atomic E-state index is 12.6. The molecular formula is C32H42N4O6S. The topological polar surface area (TPSA) is 117 Å². The molecule has 1 fully saturated rings. The fourth-order valence-electron chi connectivity index (χ4n) is 7.91. The van der Waals surface area contributed by atoms with Crippen LogP contribution in [0.4, 0.5) is 5.69 Å². The molecule has 0 amide bonds. The SMILES string of the molecule is CCCCSCC1c2c(O)c(OC)c(C)c(OC)c2CC2[C@H]3c4c(c(OC)c(C)c(OC)c4N=O)CC([C@H](C#N)N12)N3C. The highest BCUT2D eigenvalue weighted by atomic mass is 32.2. The highest BCUT2D eigenvalue weighted by molar-refractivity contribution is 7.99. The van der Waals surface area contributed by atoms with Crippen molar-refractivity contribution < 1.29 is 24.1 Å². The highest BCUT2D eigenvalue weighted by Crippen LogP contribution is 2.59. The molecule has 1 saturated heterocycles. The quantitative estimate of drug-likeness (QED) is 0.263. The largest absolute Gasteiger partial charge is 0.504 e. The van der Waals surface area contributed by atoms with Crippen LogP contribution in [0.5, 0.6) is 28.7 Å². The van der Waals surface area contributed by atoms with Gasteiger partial charge in [-0.3, -0.25) is 9.80 Å². The van der Waals surface area contributed by atoms with E-state index in [2.05, 4.69) is 28.0 Å². The second-order valence-electron chi connectivity index (χ2n) is 11.6. The third-order valence-corrected chi connectivity index (χ3v) is 10.8. The van der Waals surface area contributed by atoms with E-state index in [9.17, 15) is 15.3 Å². The minimum Gasteiger partial charge on any atom is -0.504 e. The van der Waals surface area contributed by atoms with Gasteiger partial charge in [0.2, 0.25) is 0 Å². The number of likely N-dealkylation sites (N-methyl/N-ethyl adjacent to an activating group) is 1. The Kier molecular flexibility index (Phi) is 9.02. The van der Waals surface area contributed by atoms with Gasteiger partial charge < -0.3 is 24.1 Å². The number of nitriles is 1. The predicted octanol–water partition coefficient (Wildman–Crippen LogP) is 5.75. The van der Waals surface area contributed by atoms with Crippen molar-refractivity contribution >= 4 is 17.4 Å². The van der Waals surface area contributed by atoms with Crippen LogP contribution in [0, 0.1) is 30.1 Å². The Labute approximate surface area is 258 Å². The first kappa shape index (κ1) is 31.2. The molecule has 43 heavy (non-hydrogen) atoms. The smallest absolute Gasteiger partial charge is 0.167 e. The number of nitroso groups, excluding NO2 is 1. The highest BCUT2D eigenvalue weighted by Gasteiger charge is 2.57. The van der Waals surface area contributed by atoms with Gasteiger partial charge in [-0.25, -0.2) is 0 Å². The fraction of sp³-hybridized carbons (Fsp3) is 0.594. The molecule has 0 aliphatic carbocycles. The summed E-state index contributed by atoms with van der Waals surface area (Å²) < 4.78 is 23.4. The number of methoxy groups -OCH3 is 4. The van der Waals surface area contributed by atoms with Crippen molar-refractivity contribution in [2.75, 3.05) is 47.0 Å². The number of thioether (sulfide) groups is 1. The van der Waals surface area contributed by atoms with Crippen molar-refractivity contribution in [2.24, 2.45) is 5.18 Å². The number of ether oxygens (including phenoxy) is 4. The number of nitrogens with zero attached hydrogens (tertiary/aromatic N) is 4. The van der Waals surface area contributed by atoms with Crippen molar-refractivity contribution in [3.8, 4) is 34.8 Å². The molecular weight excluding hydrogens is 568 g/mol. The predicted molar refractivity (Wildman–Crippen MR) is 167 cm³/mol. The first-order valence-electron chi connectivity index (χ1n) is 14.8. The average Bonchev–Trinajstić information content (AvgIpc) is 2.99. The van der Waals surface area contributed by atoms with Gasteiger partial charge in [-0.05, 0) is 51.1 Å². The summed E-state index contributed by atoms with van der Waals surface area (Å²) in [7, 11) is 8.39. The number of benzene rings is 2. The Morgan fingerprint density at radius 2 is 1.53 bits per heavy atom. The zero-order valence-electron chi connectivity index (χ0n) is 26.3. The minimum absolute atomic E-state index is 0.103. The van der Waals surface area contributed by atoms with Crippen molar-refractivity contribution in [3.05, 3.63) is 38.3 Å². The van der Waals surface area contributed by atoms with Crippen LogP contribution in [0.15, 0.2) is 5.18 Å². The van der Waals surface area contributed by atoms with Crippen molar-refractivity contribution in [2.45, 2.75) is 76.7 Å². The summed E-state index contributed by atoms with van der Waals surface area (Å²) >= 11 is 1.83. The lowest BCUT2D eigenvalue weighted by atomic mass is 9.71. The number of aromatic hydroxyl groups is 1. The van der Waals surface area contributed by atoms with Crippen LogP contribution < -0.4 is 18.9 Å².